The zero-order chi connectivity index (χ0) is 16.5. The number of benzene rings is 1. The quantitative estimate of drug-likeness (QED) is 0.655. The van der Waals surface area contributed by atoms with Gasteiger partial charge in [-0.05, 0) is 29.8 Å². The van der Waals surface area contributed by atoms with Crippen LogP contribution in [-0.4, -0.2) is 30.7 Å². The zero-order valence-corrected chi connectivity index (χ0v) is 12.8. The lowest BCUT2D eigenvalue weighted by atomic mass is 10.2. The summed E-state index contributed by atoms with van der Waals surface area (Å²) >= 11 is 0. The van der Waals surface area contributed by atoms with Crippen LogP contribution in [-0.2, 0) is 0 Å². The van der Waals surface area contributed by atoms with E-state index in [1.807, 2.05) is 36.2 Å². The van der Waals surface area contributed by atoms with Gasteiger partial charge in [0.2, 0.25) is 0 Å². The van der Waals surface area contributed by atoms with Crippen molar-refractivity contribution in [3.05, 3.63) is 59.9 Å². The van der Waals surface area contributed by atoms with Crippen molar-refractivity contribution in [2.45, 2.75) is 6.42 Å². The second-order valence-electron chi connectivity index (χ2n) is 4.86. The number of hydrogen-bond acceptors (Lipinski definition) is 5. The summed E-state index contributed by atoms with van der Waals surface area (Å²) in [5.41, 5.74) is 4.87. The summed E-state index contributed by atoms with van der Waals surface area (Å²) in [6.07, 6.45) is 5.18. The molecule has 1 N–H and O–H groups in total. The molecule has 6 heteroatoms. The molecule has 0 saturated carbocycles. The Hall–Kier alpha value is -3.20. The van der Waals surface area contributed by atoms with E-state index < -0.39 is 0 Å². The summed E-state index contributed by atoms with van der Waals surface area (Å²) < 4.78 is 0. The number of hydrazone groups is 1. The Morgan fingerprint density at radius 3 is 2.65 bits per heavy atom. The van der Waals surface area contributed by atoms with Crippen LogP contribution in [0.15, 0.2) is 53.9 Å². The van der Waals surface area contributed by atoms with E-state index in [-0.39, 0.29) is 5.91 Å². The van der Waals surface area contributed by atoms with Crippen molar-refractivity contribution < 1.29 is 4.79 Å². The number of nitrogens with zero attached hydrogens (tertiary/aromatic N) is 4. The fourth-order valence-corrected chi connectivity index (χ4v) is 1.89. The van der Waals surface area contributed by atoms with Crippen LogP contribution >= 0.6 is 0 Å². The molecule has 1 aromatic carbocycles. The molecule has 23 heavy (non-hydrogen) atoms. The lowest BCUT2D eigenvalue weighted by Crippen LogP contribution is -2.18. The van der Waals surface area contributed by atoms with Gasteiger partial charge in [0.1, 0.15) is 0 Å². The normalized spacial score (nSPS) is 10.3. The third-order valence-electron chi connectivity index (χ3n) is 3.22. The second kappa shape index (κ2) is 8.29. The first kappa shape index (κ1) is 16.2. The molecule has 0 aliphatic rings. The maximum Gasteiger partial charge on any atom is 0.271 e. The van der Waals surface area contributed by atoms with E-state index in [4.69, 9.17) is 5.26 Å². The molecule has 0 atom stereocenters. The standard InChI is InChI=1S/C17H17N5O/c1-22(12-2-9-18)16-5-3-14(4-6-16)13-20-21-17(23)15-7-10-19-11-8-15/h3-8,10-11,13H,2,12H2,1H3,(H,21,23)/b20-13-. The molecule has 1 aromatic heterocycles. The Labute approximate surface area is 135 Å². The Morgan fingerprint density at radius 2 is 2.00 bits per heavy atom. The van der Waals surface area contributed by atoms with Gasteiger partial charge in [0.05, 0.1) is 18.7 Å². The van der Waals surface area contributed by atoms with E-state index in [0.29, 0.717) is 18.5 Å². The monoisotopic (exact) mass is 307 g/mol. The number of rotatable bonds is 6. The number of amides is 1. The van der Waals surface area contributed by atoms with Crippen molar-refractivity contribution in [3.8, 4) is 6.07 Å². The first-order valence-electron chi connectivity index (χ1n) is 7.12. The van der Waals surface area contributed by atoms with Crippen LogP contribution < -0.4 is 10.3 Å². The molecule has 0 radical (unpaired) electrons. The molecular formula is C17H17N5O. The Bertz CT molecular complexity index is 704. The second-order valence-corrected chi connectivity index (χ2v) is 4.86. The molecule has 116 valence electrons. The molecule has 0 aliphatic heterocycles. The predicted octanol–water partition coefficient (Wildman–Crippen LogP) is 2.20. The van der Waals surface area contributed by atoms with E-state index in [1.165, 1.54) is 0 Å². The van der Waals surface area contributed by atoms with Crippen LogP contribution in [0, 0.1) is 11.3 Å². The molecule has 1 amide bonds. The van der Waals surface area contributed by atoms with Gasteiger partial charge in [0.15, 0.2) is 0 Å². The Morgan fingerprint density at radius 1 is 1.30 bits per heavy atom. The number of hydrogen-bond donors (Lipinski definition) is 1. The van der Waals surface area contributed by atoms with Crippen molar-refractivity contribution >= 4 is 17.8 Å². The summed E-state index contributed by atoms with van der Waals surface area (Å²) in [5.74, 6) is -0.281. The summed E-state index contributed by atoms with van der Waals surface area (Å²) in [5, 5.41) is 12.5. The fourth-order valence-electron chi connectivity index (χ4n) is 1.89. The first-order chi connectivity index (χ1) is 11.2. The number of carbonyl (C=O) groups excluding carboxylic acids is 1. The van der Waals surface area contributed by atoms with E-state index in [9.17, 15) is 4.79 Å². The van der Waals surface area contributed by atoms with Crippen molar-refractivity contribution in [2.24, 2.45) is 5.10 Å². The molecular weight excluding hydrogens is 290 g/mol. The van der Waals surface area contributed by atoms with Crippen LogP contribution in [0.2, 0.25) is 0 Å². The number of pyridine rings is 1. The minimum atomic E-state index is -0.281. The van der Waals surface area contributed by atoms with Crippen molar-refractivity contribution in [1.29, 1.82) is 5.26 Å². The third-order valence-corrected chi connectivity index (χ3v) is 3.22. The van der Waals surface area contributed by atoms with Crippen LogP contribution in [0.5, 0.6) is 0 Å². The van der Waals surface area contributed by atoms with Gasteiger partial charge in [0.25, 0.3) is 5.91 Å². The van der Waals surface area contributed by atoms with Crippen LogP contribution in [0.1, 0.15) is 22.3 Å². The number of nitrogens with one attached hydrogen (secondary N) is 1. The molecule has 0 bridgehead atoms. The summed E-state index contributed by atoms with van der Waals surface area (Å²) in [6, 6.07) is 13.1. The minimum absolute atomic E-state index is 0.281. The average Bonchev–Trinajstić information content (AvgIpc) is 2.61. The van der Waals surface area contributed by atoms with Crippen molar-refractivity contribution in [2.75, 3.05) is 18.5 Å². The van der Waals surface area contributed by atoms with Crippen LogP contribution in [0.25, 0.3) is 0 Å². The van der Waals surface area contributed by atoms with E-state index in [1.54, 1.807) is 30.7 Å². The highest BCUT2D eigenvalue weighted by Crippen LogP contribution is 2.13. The highest BCUT2D eigenvalue weighted by atomic mass is 16.2. The molecule has 0 fully saturated rings. The maximum atomic E-state index is 11.8. The molecule has 1 heterocycles. The lowest BCUT2D eigenvalue weighted by Gasteiger charge is -2.17. The van der Waals surface area contributed by atoms with Gasteiger partial charge >= 0.3 is 0 Å². The number of carbonyl (C=O) groups is 1. The number of anilines is 1. The van der Waals surface area contributed by atoms with Crippen LogP contribution in [0.4, 0.5) is 5.69 Å². The topological polar surface area (TPSA) is 81.4 Å². The summed E-state index contributed by atoms with van der Waals surface area (Å²) in [4.78, 5) is 17.7. The van der Waals surface area contributed by atoms with Crippen molar-refractivity contribution in [1.82, 2.24) is 10.4 Å². The lowest BCUT2D eigenvalue weighted by molar-refractivity contribution is 0.0955. The van der Waals surface area contributed by atoms with Gasteiger partial charge in [0, 0.05) is 37.2 Å². The summed E-state index contributed by atoms with van der Waals surface area (Å²) in [7, 11) is 1.94. The van der Waals surface area contributed by atoms with Crippen LogP contribution in [0.3, 0.4) is 0 Å². The van der Waals surface area contributed by atoms with Gasteiger partial charge in [-0.2, -0.15) is 10.4 Å². The Balaban J connectivity index is 1.91. The molecule has 0 saturated heterocycles. The fraction of sp³-hybridized carbons (Fsp3) is 0.176. The molecule has 6 nitrogen and oxygen atoms in total. The molecule has 0 aliphatic carbocycles. The van der Waals surface area contributed by atoms with Gasteiger partial charge in [-0.25, -0.2) is 5.43 Å². The number of aromatic nitrogens is 1. The van der Waals surface area contributed by atoms with E-state index in [2.05, 4.69) is 21.6 Å². The summed E-state index contributed by atoms with van der Waals surface area (Å²) in [6.45, 7) is 0.686. The molecule has 2 rings (SSSR count). The SMILES string of the molecule is CN(CCC#N)c1ccc(/C=N\NC(=O)c2ccncc2)cc1. The van der Waals surface area contributed by atoms with Gasteiger partial charge in [-0.1, -0.05) is 12.1 Å². The third kappa shape index (κ3) is 4.93. The highest BCUT2D eigenvalue weighted by Gasteiger charge is 2.02. The first-order valence-corrected chi connectivity index (χ1v) is 7.12. The number of nitriles is 1. The molecule has 0 spiro atoms. The minimum Gasteiger partial charge on any atom is -0.374 e. The highest BCUT2D eigenvalue weighted by molar-refractivity contribution is 5.94. The van der Waals surface area contributed by atoms with E-state index in [0.717, 1.165) is 11.3 Å². The van der Waals surface area contributed by atoms with Crippen molar-refractivity contribution in [3.63, 3.8) is 0 Å². The smallest absolute Gasteiger partial charge is 0.271 e. The predicted molar refractivity (Wildman–Crippen MR) is 89.2 cm³/mol. The molecule has 2 aromatic rings. The zero-order valence-electron chi connectivity index (χ0n) is 12.8. The largest absolute Gasteiger partial charge is 0.374 e. The van der Waals surface area contributed by atoms with E-state index >= 15 is 0 Å². The van der Waals surface area contributed by atoms with Gasteiger partial charge in [-0.3, -0.25) is 9.78 Å². The van der Waals surface area contributed by atoms with Gasteiger partial charge < -0.3 is 4.90 Å². The molecule has 0 unspecified atom stereocenters. The average molecular weight is 307 g/mol. The van der Waals surface area contributed by atoms with Gasteiger partial charge in [-0.15, -0.1) is 0 Å². The maximum absolute atomic E-state index is 11.8. The Kier molecular flexibility index (Phi) is 5.83.